The molecule has 1 amide bonds. The van der Waals surface area contributed by atoms with Gasteiger partial charge in [0.15, 0.2) is 0 Å². The Morgan fingerprint density at radius 3 is 2.86 bits per heavy atom. The van der Waals surface area contributed by atoms with Crippen LogP contribution in [0.1, 0.15) is 36.3 Å². The molecule has 29 heavy (non-hydrogen) atoms. The highest BCUT2D eigenvalue weighted by molar-refractivity contribution is 5.91. The molecule has 3 heterocycles. The fraction of sp³-hybridized carbons (Fsp3) is 0.286. The van der Waals surface area contributed by atoms with Crippen LogP contribution in [0.3, 0.4) is 0 Å². The third-order valence-corrected chi connectivity index (χ3v) is 5.26. The van der Waals surface area contributed by atoms with Gasteiger partial charge in [0.1, 0.15) is 5.75 Å². The Morgan fingerprint density at radius 1 is 1.10 bits per heavy atom. The largest absolute Gasteiger partial charge is 0.490 e. The Morgan fingerprint density at radius 2 is 2.00 bits per heavy atom. The summed E-state index contributed by atoms with van der Waals surface area (Å²) in [6, 6.07) is 9.84. The second-order valence-electron chi connectivity index (χ2n) is 7.22. The molecule has 1 saturated carbocycles. The standard InChI is InChI=1S/C21H20N6O2/c28-20(19-25-21-23-10-2-12-27(21)26-19)24-15-5-7-16(8-6-15)29-18-4-1-3-14-13-22-11-9-17(14)18/h1-4,9-13,15-16H,5-8H2,(H,24,28). The van der Waals surface area contributed by atoms with Crippen molar-refractivity contribution in [3.8, 4) is 5.75 Å². The van der Waals surface area contributed by atoms with Gasteiger partial charge in [-0.15, -0.1) is 5.10 Å². The predicted octanol–water partition coefficient (Wildman–Crippen LogP) is 2.79. The van der Waals surface area contributed by atoms with Crippen LogP contribution in [0.25, 0.3) is 16.6 Å². The van der Waals surface area contributed by atoms with Crippen LogP contribution < -0.4 is 10.1 Å². The molecule has 1 aromatic carbocycles. The summed E-state index contributed by atoms with van der Waals surface area (Å²) in [4.78, 5) is 24.9. The smallest absolute Gasteiger partial charge is 0.291 e. The molecule has 1 aliphatic carbocycles. The van der Waals surface area contributed by atoms with E-state index in [1.54, 1.807) is 24.7 Å². The molecule has 0 unspecified atom stereocenters. The number of nitrogens with one attached hydrogen (secondary N) is 1. The van der Waals surface area contributed by atoms with Crippen molar-refractivity contribution >= 4 is 22.5 Å². The molecule has 4 aromatic rings. The van der Waals surface area contributed by atoms with E-state index in [2.05, 4.69) is 25.4 Å². The monoisotopic (exact) mass is 388 g/mol. The Kier molecular flexibility index (Phi) is 4.51. The summed E-state index contributed by atoms with van der Waals surface area (Å²) < 4.78 is 7.77. The average Bonchev–Trinajstić information content (AvgIpc) is 3.20. The number of hydrogen-bond donors (Lipinski definition) is 1. The lowest BCUT2D eigenvalue weighted by Gasteiger charge is -2.29. The van der Waals surface area contributed by atoms with E-state index in [0.29, 0.717) is 5.78 Å². The van der Waals surface area contributed by atoms with Gasteiger partial charge in [0.05, 0.1) is 6.10 Å². The normalized spacial score (nSPS) is 19.3. The molecule has 0 radical (unpaired) electrons. The molecule has 8 nitrogen and oxygen atoms in total. The zero-order chi connectivity index (χ0) is 19.6. The molecule has 1 aliphatic rings. The van der Waals surface area contributed by atoms with Crippen molar-refractivity contribution in [1.82, 2.24) is 29.9 Å². The van der Waals surface area contributed by atoms with Gasteiger partial charge in [-0.25, -0.2) is 9.50 Å². The quantitative estimate of drug-likeness (QED) is 0.578. The fourth-order valence-corrected chi connectivity index (χ4v) is 3.78. The summed E-state index contributed by atoms with van der Waals surface area (Å²) >= 11 is 0. The SMILES string of the molecule is O=C(NC1CCC(Oc2cccc3cnccc23)CC1)c1nc2ncccn2n1. The molecule has 146 valence electrons. The van der Waals surface area contributed by atoms with Crippen LogP contribution >= 0.6 is 0 Å². The van der Waals surface area contributed by atoms with Crippen molar-refractivity contribution in [1.29, 1.82) is 0 Å². The summed E-state index contributed by atoms with van der Waals surface area (Å²) in [5.74, 6) is 1.19. The number of nitrogens with zero attached hydrogens (tertiary/aromatic N) is 5. The van der Waals surface area contributed by atoms with Gasteiger partial charge >= 0.3 is 0 Å². The van der Waals surface area contributed by atoms with Crippen molar-refractivity contribution in [2.45, 2.75) is 37.8 Å². The first kappa shape index (κ1) is 17.5. The van der Waals surface area contributed by atoms with Gasteiger partial charge in [-0.1, -0.05) is 12.1 Å². The Labute approximate surface area is 167 Å². The number of benzene rings is 1. The fourth-order valence-electron chi connectivity index (χ4n) is 3.78. The molecule has 0 spiro atoms. The van der Waals surface area contributed by atoms with Crippen LogP contribution in [-0.4, -0.2) is 42.6 Å². The number of pyridine rings is 1. The number of hydrogen-bond acceptors (Lipinski definition) is 6. The topological polar surface area (TPSA) is 94.3 Å². The summed E-state index contributed by atoms with van der Waals surface area (Å²) in [7, 11) is 0. The van der Waals surface area contributed by atoms with Gasteiger partial charge in [0.25, 0.3) is 11.7 Å². The van der Waals surface area contributed by atoms with Crippen LogP contribution in [-0.2, 0) is 0 Å². The first-order valence-corrected chi connectivity index (χ1v) is 9.74. The Bertz CT molecular complexity index is 1130. The van der Waals surface area contributed by atoms with Gasteiger partial charge < -0.3 is 10.1 Å². The molecule has 0 atom stereocenters. The summed E-state index contributed by atoms with van der Waals surface area (Å²) in [5.41, 5.74) is 0. The molecule has 0 aliphatic heterocycles. The van der Waals surface area contributed by atoms with Gasteiger partial charge in [0.2, 0.25) is 5.82 Å². The van der Waals surface area contributed by atoms with E-state index in [9.17, 15) is 4.79 Å². The van der Waals surface area contributed by atoms with Crippen LogP contribution in [0.5, 0.6) is 5.75 Å². The number of aromatic nitrogens is 5. The molecule has 0 saturated heterocycles. The van der Waals surface area contributed by atoms with Gasteiger partial charge in [-0.2, -0.15) is 4.98 Å². The van der Waals surface area contributed by atoms with E-state index < -0.39 is 0 Å². The van der Waals surface area contributed by atoms with Crippen LogP contribution in [0.15, 0.2) is 55.1 Å². The summed E-state index contributed by atoms with van der Waals surface area (Å²) in [5, 5.41) is 9.36. The highest BCUT2D eigenvalue weighted by Crippen LogP contribution is 2.29. The van der Waals surface area contributed by atoms with Gasteiger partial charge in [0, 0.05) is 41.6 Å². The molecule has 5 rings (SSSR count). The first-order chi connectivity index (χ1) is 14.3. The second kappa shape index (κ2) is 7.46. The van der Waals surface area contributed by atoms with E-state index in [4.69, 9.17) is 4.74 Å². The molecule has 1 N–H and O–H groups in total. The number of fused-ring (bicyclic) bond motifs is 2. The Hall–Kier alpha value is -3.55. The number of amides is 1. The van der Waals surface area contributed by atoms with E-state index in [1.165, 1.54) is 4.52 Å². The number of carbonyl (C=O) groups excluding carboxylic acids is 1. The maximum Gasteiger partial charge on any atom is 0.291 e. The zero-order valence-corrected chi connectivity index (χ0v) is 15.7. The predicted molar refractivity (Wildman–Crippen MR) is 107 cm³/mol. The van der Waals surface area contributed by atoms with E-state index >= 15 is 0 Å². The molecule has 1 fully saturated rings. The molecule has 0 bridgehead atoms. The lowest BCUT2D eigenvalue weighted by atomic mass is 9.93. The minimum Gasteiger partial charge on any atom is -0.490 e. The molecular weight excluding hydrogens is 368 g/mol. The molecule has 8 heteroatoms. The third kappa shape index (κ3) is 3.61. The summed E-state index contributed by atoms with van der Waals surface area (Å²) in [6.45, 7) is 0. The van der Waals surface area contributed by atoms with E-state index in [0.717, 1.165) is 42.2 Å². The van der Waals surface area contributed by atoms with Crippen molar-refractivity contribution in [3.05, 3.63) is 60.9 Å². The van der Waals surface area contributed by atoms with Crippen LogP contribution in [0.4, 0.5) is 0 Å². The van der Waals surface area contributed by atoms with Gasteiger partial charge in [-0.3, -0.25) is 9.78 Å². The number of ether oxygens (including phenoxy) is 1. The second-order valence-corrected chi connectivity index (χ2v) is 7.22. The minimum absolute atomic E-state index is 0.0960. The summed E-state index contributed by atoms with van der Waals surface area (Å²) in [6.07, 6.45) is 10.6. The first-order valence-electron chi connectivity index (χ1n) is 9.74. The number of carbonyl (C=O) groups is 1. The van der Waals surface area contributed by atoms with Crippen LogP contribution in [0.2, 0.25) is 0 Å². The van der Waals surface area contributed by atoms with Crippen LogP contribution in [0, 0.1) is 0 Å². The lowest BCUT2D eigenvalue weighted by Crippen LogP contribution is -2.40. The average molecular weight is 388 g/mol. The Balaban J connectivity index is 1.19. The van der Waals surface area contributed by atoms with Crippen molar-refractivity contribution < 1.29 is 9.53 Å². The van der Waals surface area contributed by atoms with Gasteiger partial charge in [-0.05, 0) is 43.9 Å². The minimum atomic E-state index is -0.263. The zero-order valence-electron chi connectivity index (χ0n) is 15.7. The maximum atomic E-state index is 12.5. The molecular formula is C21H20N6O2. The lowest BCUT2D eigenvalue weighted by molar-refractivity contribution is 0.0885. The molecule has 3 aromatic heterocycles. The highest BCUT2D eigenvalue weighted by Gasteiger charge is 2.25. The van der Waals surface area contributed by atoms with Crippen molar-refractivity contribution in [2.75, 3.05) is 0 Å². The highest BCUT2D eigenvalue weighted by atomic mass is 16.5. The van der Waals surface area contributed by atoms with Crippen molar-refractivity contribution in [2.24, 2.45) is 0 Å². The number of rotatable bonds is 4. The van der Waals surface area contributed by atoms with E-state index in [1.807, 2.05) is 30.5 Å². The van der Waals surface area contributed by atoms with E-state index in [-0.39, 0.29) is 23.9 Å². The van der Waals surface area contributed by atoms with Crippen molar-refractivity contribution in [3.63, 3.8) is 0 Å². The third-order valence-electron chi connectivity index (χ3n) is 5.26. The maximum absolute atomic E-state index is 12.5.